The number of nitrogens with zero attached hydrogens (tertiary/aromatic N) is 3. The Bertz CT molecular complexity index is 945. The molecule has 0 aliphatic carbocycles. The second kappa shape index (κ2) is 7.31. The molecule has 0 bridgehead atoms. The molecule has 26 heavy (non-hydrogen) atoms. The summed E-state index contributed by atoms with van der Waals surface area (Å²) in [4.78, 5) is 12.6. The molecule has 0 saturated carbocycles. The van der Waals surface area contributed by atoms with Crippen molar-refractivity contribution in [3.63, 3.8) is 0 Å². The van der Waals surface area contributed by atoms with Crippen LogP contribution in [0.1, 0.15) is 27.3 Å². The number of amides is 1. The van der Waals surface area contributed by atoms with E-state index >= 15 is 0 Å². The SMILES string of the molecule is Cc1ccccc1-c1cc(NC(=O)c2n[nH]c3c2CNCC3)n(C)n1.Cl. The summed E-state index contributed by atoms with van der Waals surface area (Å²) < 4.78 is 1.68. The summed E-state index contributed by atoms with van der Waals surface area (Å²) in [7, 11) is 1.82. The van der Waals surface area contributed by atoms with Gasteiger partial charge in [-0.05, 0) is 12.5 Å². The van der Waals surface area contributed by atoms with Crippen LogP contribution < -0.4 is 10.6 Å². The number of rotatable bonds is 3. The van der Waals surface area contributed by atoms with Gasteiger partial charge in [-0.3, -0.25) is 14.6 Å². The lowest BCUT2D eigenvalue weighted by Gasteiger charge is -2.12. The fraction of sp³-hybridized carbons (Fsp3) is 0.278. The second-order valence-electron chi connectivity index (χ2n) is 6.26. The molecular weight excluding hydrogens is 352 g/mol. The Balaban J connectivity index is 0.00000196. The minimum atomic E-state index is -0.222. The highest BCUT2D eigenvalue weighted by molar-refractivity contribution is 6.03. The first-order valence-corrected chi connectivity index (χ1v) is 8.31. The quantitative estimate of drug-likeness (QED) is 0.659. The van der Waals surface area contributed by atoms with Gasteiger partial charge in [-0.1, -0.05) is 24.3 Å². The summed E-state index contributed by atoms with van der Waals surface area (Å²) in [5.41, 5.74) is 5.47. The molecule has 8 heteroatoms. The van der Waals surface area contributed by atoms with Gasteiger partial charge < -0.3 is 10.6 Å². The fourth-order valence-corrected chi connectivity index (χ4v) is 3.16. The molecule has 0 fully saturated rings. The highest BCUT2D eigenvalue weighted by Crippen LogP contribution is 2.25. The van der Waals surface area contributed by atoms with Gasteiger partial charge in [-0.15, -0.1) is 12.4 Å². The van der Waals surface area contributed by atoms with Crippen LogP contribution in [0.2, 0.25) is 0 Å². The Labute approximate surface area is 157 Å². The lowest BCUT2D eigenvalue weighted by atomic mass is 10.1. The van der Waals surface area contributed by atoms with Gasteiger partial charge in [-0.2, -0.15) is 10.2 Å². The molecular formula is C18H21ClN6O. The van der Waals surface area contributed by atoms with Crippen molar-refractivity contribution < 1.29 is 4.79 Å². The molecule has 2 aromatic heterocycles. The van der Waals surface area contributed by atoms with E-state index < -0.39 is 0 Å². The van der Waals surface area contributed by atoms with Gasteiger partial charge in [0.05, 0.1) is 5.69 Å². The molecule has 4 rings (SSSR count). The number of hydrogen-bond donors (Lipinski definition) is 3. The number of halogens is 1. The number of anilines is 1. The van der Waals surface area contributed by atoms with Crippen LogP contribution in [-0.2, 0) is 20.0 Å². The number of benzene rings is 1. The van der Waals surface area contributed by atoms with E-state index in [2.05, 4.69) is 25.9 Å². The van der Waals surface area contributed by atoms with E-state index in [4.69, 9.17) is 0 Å². The summed E-state index contributed by atoms with van der Waals surface area (Å²) in [6.07, 6.45) is 0.860. The molecule has 3 heterocycles. The summed E-state index contributed by atoms with van der Waals surface area (Å²) in [5.74, 6) is 0.421. The molecule has 1 aliphatic rings. The predicted molar refractivity (Wildman–Crippen MR) is 103 cm³/mol. The summed E-state index contributed by atoms with van der Waals surface area (Å²) in [5, 5.41) is 17.9. The van der Waals surface area contributed by atoms with Gasteiger partial charge in [0.15, 0.2) is 5.69 Å². The normalized spacial score (nSPS) is 13.0. The van der Waals surface area contributed by atoms with E-state index in [0.29, 0.717) is 18.1 Å². The van der Waals surface area contributed by atoms with Gasteiger partial charge in [0, 0.05) is 49.4 Å². The van der Waals surface area contributed by atoms with Crippen LogP contribution in [0.5, 0.6) is 0 Å². The highest BCUT2D eigenvalue weighted by Gasteiger charge is 2.22. The summed E-state index contributed by atoms with van der Waals surface area (Å²) in [6, 6.07) is 9.94. The second-order valence-corrected chi connectivity index (χ2v) is 6.26. The van der Waals surface area contributed by atoms with Crippen LogP contribution in [0, 0.1) is 6.92 Å². The van der Waals surface area contributed by atoms with Gasteiger partial charge in [0.2, 0.25) is 0 Å². The Morgan fingerprint density at radius 3 is 2.92 bits per heavy atom. The van der Waals surface area contributed by atoms with Gasteiger partial charge in [0.1, 0.15) is 5.82 Å². The molecule has 3 aromatic rings. The maximum absolute atomic E-state index is 12.6. The third-order valence-electron chi connectivity index (χ3n) is 4.56. The van der Waals surface area contributed by atoms with E-state index in [-0.39, 0.29) is 18.3 Å². The first-order chi connectivity index (χ1) is 12.1. The minimum absolute atomic E-state index is 0. The van der Waals surface area contributed by atoms with Crippen LogP contribution in [0.3, 0.4) is 0 Å². The van der Waals surface area contributed by atoms with Crippen LogP contribution in [0.25, 0.3) is 11.3 Å². The van der Waals surface area contributed by atoms with Crippen molar-refractivity contribution >= 4 is 24.1 Å². The van der Waals surface area contributed by atoms with Crippen molar-refractivity contribution in [2.24, 2.45) is 7.05 Å². The first kappa shape index (κ1) is 18.2. The Hall–Kier alpha value is -2.64. The van der Waals surface area contributed by atoms with E-state index in [1.54, 1.807) is 4.68 Å². The number of nitrogens with one attached hydrogen (secondary N) is 3. The third-order valence-corrected chi connectivity index (χ3v) is 4.56. The fourth-order valence-electron chi connectivity index (χ4n) is 3.16. The molecule has 3 N–H and O–H groups in total. The van der Waals surface area contributed by atoms with Crippen molar-refractivity contribution in [3.05, 3.63) is 52.8 Å². The average molecular weight is 373 g/mol. The van der Waals surface area contributed by atoms with Crippen molar-refractivity contribution in [3.8, 4) is 11.3 Å². The lowest BCUT2D eigenvalue weighted by molar-refractivity contribution is 0.102. The summed E-state index contributed by atoms with van der Waals surface area (Å²) in [6.45, 7) is 3.61. The number of aryl methyl sites for hydroxylation is 2. The molecule has 1 amide bonds. The smallest absolute Gasteiger partial charge is 0.277 e. The van der Waals surface area contributed by atoms with Crippen molar-refractivity contribution in [1.29, 1.82) is 0 Å². The Morgan fingerprint density at radius 1 is 1.31 bits per heavy atom. The number of aromatic amines is 1. The predicted octanol–water partition coefficient (Wildman–Crippen LogP) is 2.44. The summed E-state index contributed by atoms with van der Waals surface area (Å²) >= 11 is 0. The number of fused-ring (bicyclic) bond motifs is 1. The first-order valence-electron chi connectivity index (χ1n) is 8.31. The molecule has 0 unspecified atom stereocenters. The van der Waals surface area contributed by atoms with Gasteiger partial charge >= 0.3 is 0 Å². The van der Waals surface area contributed by atoms with E-state index in [1.807, 2.05) is 44.3 Å². The molecule has 7 nitrogen and oxygen atoms in total. The highest BCUT2D eigenvalue weighted by atomic mass is 35.5. The van der Waals surface area contributed by atoms with Crippen molar-refractivity contribution in [1.82, 2.24) is 25.3 Å². The average Bonchev–Trinajstić information content (AvgIpc) is 3.19. The minimum Gasteiger partial charge on any atom is -0.312 e. The molecule has 0 atom stereocenters. The lowest BCUT2D eigenvalue weighted by Crippen LogP contribution is -2.25. The van der Waals surface area contributed by atoms with E-state index in [1.165, 1.54) is 0 Å². The van der Waals surface area contributed by atoms with Crippen LogP contribution in [0.15, 0.2) is 30.3 Å². The number of carbonyl (C=O) groups excluding carboxylic acids is 1. The molecule has 1 aromatic carbocycles. The molecule has 0 saturated heterocycles. The monoisotopic (exact) mass is 372 g/mol. The van der Waals surface area contributed by atoms with Crippen molar-refractivity contribution in [2.75, 3.05) is 11.9 Å². The zero-order valence-corrected chi connectivity index (χ0v) is 15.5. The van der Waals surface area contributed by atoms with Gasteiger partial charge in [0.25, 0.3) is 5.91 Å². The van der Waals surface area contributed by atoms with Crippen molar-refractivity contribution in [2.45, 2.75) is 19.9 Å². The number of carbonyl (C=O) groups is 1. The number of aromatic nitrogens is 4. The zero-order chi connectivity index (χ0) is 17.4. The topological polar surface area (TPSA) is 87.6 Å². The Morgan fingerprint density at radius 2 is 2.12 bits per heavy atom. The number of hydrogen-bond acceptors (Lipinski definition) is 4. The largest absolute Gasteiger partial charge is 0.312 e. The number of H-pyrrole nitrogens is 1. The molecule has 0 spiro atoms. The van der Waals surface area contributed by atoms with Crippen LogP contribution in [0.4, 0.5) is 5.82 Å². The molecule has 136 valence electrons. The maximum Gasteiger partial charge on any atom is 0.277 e. The third kappa shape index (κ3) is 3.23. The molecule has 1 aliphatic heterocycles. The van der Waals surface area contributed by atoms with Crippen LogP contribution >= 0.6 is 12.4 Å². The van der Waals surface area contributed by atoms with E-state index in [0.717, 1.165) is 41.0 Å². The van der Waals surface area contributed by atoms with Crippen LogP contribution in [-0.4, -0.2) is 32.4 Å². The standard InChI is InChI=1S/C18H20N6O.ClH/c1-11-5-3-4-6-12(11)15-9-16(24(2)23-15)20-18(25)17-13-10-19-8-7-14(13)21-22-17;/h3-6,9,19H,7-8,10H2,1-2H3,(H,20,25)(H,21,22);1H. The van der Waals surface area contributed by atoms with Gasteiger partial charge in [-0.25, -0.2) is 0 Å². The van der Waals surface area contributed by atoms with E-state index in [9.17, 15) is 4.79 Å². The maximum atomic E-state index is 12.6. The molecule has 0 radical (unpaired) electrons. The zero-order valence-electron chi connectivity index (χ0n) is 14.7. The Kier molecular flexibility index (Phi) is 5.11.